The van der Waals surface area contributed by atoms with E-state index in [1.165, 1.54) is 57.8 Å². The molecule has 26 heavy (non-hydrogen) atoms. The van der Waals surface area contributed by atoms with E-state index in [-0.39, 0.29) is 0 Å². The fraction of sp³-hybridized carbons (Fsp3) is 1.00. The van der Waals surface area contributed by atoms with Crippen LogP contribution in [0.15, 0.2) is 0 Å². The molecule has 0 heterocycles. The number of hydrogen-bond donors (Lipinski definition) is 2. The van der Waals surface area contributed by atoms with Crippen molar-refractivity contribution >= 4 is 0 Å². The molecule has 0 aliphatic heterocycles. The van der Waals surface area contributed by atoms with E-state index in [0.717, 1.165) is 48.0 Å². The third kappa shape index (κ3) is 2.81. The van der Waals surface area contributed by atoms with Gasteiger partial charge < -0.3 is 0 Å². The molecular formula is C24H44N2. The molecule has 0 bridgehead atoms. The lowest BCUT2D eigenvalue weighted by molar-refractivity contribution is -0.121. The van der Waals surface area contributed by atoms with Gasteiger partial charge in [-0.2, -0.15) is 0 Å². The standard InChI is InChI=1S/C24H44N2/c1-5-17-10-12-23(3)18(14-17)6-7-19-21-9-8-20(16(2)15-26-25)24(21,4)13-11-22(19)23/h16-22,26H,5-15,25H2,1-4H3/t16-,17-,18?,19-,20+,21-,22-,23-,24+/m0/s1. The van der Waals surface area contributed by atoms with E-state index in [1.807, 2.05) is 0 Å². The molecule has 0 aromatic heterocycles. The summed E-state index contributed by atoms with van der Waals surface area (Å²) in [6.45, 7) is 11.2. The quantitative estimate of drug-likeness (QED) is 0.493. The molecule has 0 aromatic rings. The fourth-order valence-corrected chi connectivity index (χ4v) is 9.02. The lowest BCUT2D eigenvalue weighted by atomic mass is 9.44. The van der Waals surface area contributed by atoms with Gasteiger partial charge in [0.05, 0.1) is 0 Å². The van der Waals surface area contributed by atoms with Crippen LogP contribution in [0.4, 0.5) is 0 Å². The highest BCUT2D eigenvalue weighted by Crippen LogP contribution is 2.68. The number of fused-ring (bicyclic) bond motifs is 5. The largest absolute Gasteiger partial charge is 0.271 e. The van der Waals surface area contributed by atoms with E-state index >= 15 is 0 Å². The van der Waals surface area contributed by atoms with Gasteiger partial charge in [-0.25, -0.2) is 0 Å². The first-order valence-electron chi connectivity index (χ1n) is 11.9. The average Bonchev–Trinajstić information content (AvgIpc) is 2.98. The first-order valence-corrected chi connectivity index (χ1v) is 11.9. The summed E-state index contributed by atoms with van der Waals surface area (Å²) in [5.74, 6) is 12.4. The zero-order valence-corrected chi connectivity index (χ0v) is 17.9. The molecule has 4 aliphatic rings. The summed E-state index contributed by atoms with van der Waals surface area (Å²) in [6.07, 6.45) is 15.0. The van der Waals surface area contributed by atoms with Crippen molar-refractivity contribution in [2.45, 2.75) is 91.9 Å². The van der Waals surface area contributed by atoms with Crippen LogP contribution in [0.2, 0.25) is 0 Å². The van der Waals surface area contributed by atoms with Gasteiger partial charge in [-0.3, -0.25) is 11.3 Å². The Balaban J connectivity index is 1.54. The summed E-state index contributed by atoms with van der Waals surface area (Å²) in [5.41, 5.74) is 4.22. The molecule has 0 spiro atoms. The van der Waals surface area contributed by atoms with E-state index in [9.17, 15) is 0 Å². The van der Waals surface area contributed by atoms with Crippen LogP contribution in [0.5, 0.6) is 0 Å². The minimum absolute atomic E-state index is 0.585. The summed E-state index contributed by atoms with van der Waals surface area (Å²) in [7, 11) is 0. The zero-order valence-electron chi connectivity index (χ0n) is 17.9. The van der Waals surface area contributed by atoms with Crippen LogP contribution in [0.1, 0.15) is 91.9 Å². The normalized spacial score (nSPS) is 52.0. The van der Waals surface area contributed by atoms with E-state index in [2.05, 4.69) is 33.1 Å². The third-order valence-electron chi connectivity index (χ3n) is 10.6. The van der Waals surface area contributed by atoms with Gasteiger partial charge in [0.25, 0.3) is 0 Å². The summed E-state index contributed by atoms with van der Waals surface area (Å²) in [4.78, 5) is 0. The van der Waals surface area contributed by atoms with Crippen LogP contribution in [0, 0.1) is 52.3 Å². The van der Waals surface area contributed by atoms with Crippen molar-refractivity contribution in [1.82, 2.24) is 5.43 Å². The van der Waals surface area contributed by atoms with Crippen molar-refractivity contribution in [3.05, 3.63) is 0 Å². The SMILES string of the molecule is CC[C@H]1CC[C@@]2(C)C(CC[C@H]3[C@@H]4CC[C@H]([C@@H](C)CNN)[C@@]4(C)CC[C@@H]32)C1. The van der Waals surface area contributed by atoms with Crippen molar-refractivity contribution in [2.24, 2.45) is 58.1 Å². The number of hydrazine groups is 1. The van der Waals surface area contributed by atoms with E-state index in [1.54, 1.807) is 6.42 Å². The van der Waals surface area contributed by atoms with Crippen LogP contribution in [0.25, 0.3) is 0 Å². The number of nitrogens with two attached hydrogens (primary N) is 1. The highest BCUT2D eigenvalue weighted by molar-refractivity contribution is 5.09. The topological polar surface area (TPSA) is 38.0 Å². The van der Waals surface area contributed by atoms with Gasteiger partial charge in [0, 0.05) is 6.54 Å². The second-order valence-electron chi connectivity index (χ2n) is 11.3. The van der Waals surface area contributed by atoms with Crippen molar-refractivity contribution < 1.29 is 0 Å². The molecule has 9 atom stereocenters. The molecule has 2 nitrogen and oxygen atoms in total. The molecule has 3 N–H and O–H groups in total. The highest BCUT2D eigenvalue weighted by Gasteiger charge is 2.60. The van der Waals surface area contributed by atoms with E-state index < -0.39 is 0 Å². The minimum atomic E-state index is 0.585. The van der Waals surface area contributed by atoms with Crippen LogP contribution < -0.4 is 11.3 Å². The molecule has 1 unspecified atom stereocenters. The summed E-state index contributed by atoms with van der Waals surface area (Å²) >= 11 is 0. The Bertz CT molecular complexity index is 504. The monoisotopic (exact) mass is 360 g/mol. The van der Waals surface area contributed by atoms with Crippen molar-refractivity contribution in [1.29, 1.82) is 0 Å². The predicted molar refractivity (Wildman–Crippen MR) is 110 cm³/mol. The van der Waals surface area contributed by atoms with Crippen LogP contribution in [-0.2, 0) is 0 Å². The van der Waals surface area contributed by atoms with Gasteiger partial charge in [-0.1, -0.05) is 34.1 Å². The second-order valence-corrected chi connectivity index (χ2v) is 11.3. The lowest BCUT2D eigenvalue weighted by Crippen LogP contribution is -2.54. The average molecular weight is 361 g/mol. The second kappa shape index (κ2) is 7.07. The number of nitrogens with one attached hydrogen (secondary N) is 1. The molecule has 4 saturated carbocycles. The maximum Gasteiger partial charge on any atom is 0.0126 e. The molecule has 0 saturated heterocycles. The highest BCUT2D eigenvalue weighted by atomic mass is 15.2. The van der Waals surface area contributed by atoms with Gasteiger partial charge in [0.2, 0.25) is 0 Å². The maximum atomic E-state index is 5.68. The van der Waals surface area contributed by atoms with Crippen LogP contribution >= 0.6 is 0 Å². The molecule has 2 heteroatoms. The van der Waals surface area contributed by atoms with Crippen molar-refractivity contribution in [3.63, 3.8) is 0 Å². The Labute approximate surface area is 162 Å². The molecule has 4 rings (SSSR count). The van der Waals surface area contributed by atoms with Crippen LogP contribution in [0.3, 0.4) is 0 Å². The van der Waals surface area contributed by atoms with Gasteiger partial charge in [-0.15, -0.1) is 0 Å². The van der Waals surface area contributed by atoms with Gasteiger partial charge in [0.15, 0.2) is 0 Å². The molecule has 150 valence electrons. The van der Waals surface area contributed by atoms with Crippen LogP contribution in [-0.4, -0.2) is 6.54 Å². The number of hydrogen-bond acceptors (Lipinski definition) is 2. The molecule has 4 aliphatic carbocycles. The Kier molecular flexibility index (Phi) is 5.23. The fourth-order valence-electron chi connectivity index (χ4n) is 9.02. The Morgan fingerprint density at radius 3 is 2.42 bits per heavy atom. The first kappa shape index (κ1) is 19.2. The first-order chi connectivity index (χ1) is 12.4. The minimum Gasteiger partial charge on any atom is -0.271 e. The predicted octanol–water partition coefficient (Wildman–Crippen LogP) is 5.77. The summed E-state index contributed by atoms with van der Waals surface area (Å²) in [5, 5.41) is 0. The van der Waals surface area contributed by atoms with E-state index in [4.69, 9.17) is 5.84 Å². The molecule has 0 amide bonds. The molecule has 4 fully saturated rings. The van der Waals surface area contributed by atoms with Crippen molar-refractivity contribution in [2.75, 3.05) is 6.54 Å². The third-order valence-corrected chi connectivity index (χ3v) is 10.6. The summed E-state index contributed by atoms with van der Waals surface area (Å²) in [6, 6.07) is 0. The smallest absolute Gasteiger partial charge is 0.0126 e. The van der Waals surface area contributed by atoms with E-state index in [0.29, 0.717) is 10.8 Å². The lowest BCUT2D eigenvalue weighted by Gasteiger charge is -2.61. The molecule has 0 radical (unpaired) electrons. The Morgan fingerprint density at radius 2 is 1.69 bits per heavy atom. The maximum absolute atomic E-state index is 5.68. The van der Waals surface area contributed by atoms with Crippen molar-refractivity contribution in [3.8, 4) is 0 Å². The summed E-state index contributed by atoms with van der Waals surface area (Å²) < 4.78 is 0. The van der Waals surface area contributed by atoms with Gasteiger partial charge >= 0.3 is 0 Å². The number of rotatable bonds is 4. The Morgan fingerprint density at radius 1 is 0.962 bits per heavy atom. The zero-order chi connectivity index (χ0) is 18.5. The van der Waals surface area contributed by atoms with Gasteiger partial charge in [-0.05, 0) is 110 Å². The molecule has 0 aromatic carbocycles. The molecular weight excluding hydrogens is 316 g/mol. The van der Waals surface area contributed by atoms with Gasteiger partial charge in [0.1, 0.15) is 0 Å². The Hall–Kier alpha value is -0.0800.